The maximum Gasteiger partial charge on any atom is 0.352 e. The third-order valence-electron chi connectivity index (χ3n) is 3.79. The number of hydrogen-bond acceptors (Lipinski definition) is 5. The summed E-state index contributed by atoms with van der Waals surface area (Å²) in [6.45, 7) is 17.6. The van der Waals surface area contributed by atoms with Crippen molar-refractivity contribution < 1.29 is 4.43 Å². The molecule has 0 amide bonds. The van der Waals surface area contributed by atoms with Gasteiger partial charge in [-0.2, -0.15) is 4.98 Å². The van der Waals surface area contributed by atoms with Crippen LogP contribution >= 0.6 is 0 Å². The second-order valence-electron chi connectivity index (χ2n) is 8.71. The molecule has 146 valence electrons. The summed E-state index contributed by atoms with van der Waals surface area (Å²) in [5, 5.41) is 0. The van der Waals surface area contributed by atoms with Crippen LogP contribution in [-0.2, 0) is 13.1 Å². The normalized spacial score (nSPS) is 12.7. The van der Waals surface area contributed by atoms with E-state index in [1.807, 2.05) is 13.3 Å². The van der Waals surface area contributed by atoms with Gasteiger partial charge in [0.05, 0.1) is 6.33 Å². The molecule has 0 atom stereocenters. The number of nitrogens with one attached hydrogen (secondary N) is 1. The lowest BCUT2D eigenvalue weighted by molar-refractivity contribution is 0.521. The minimum atomic E-state index is -1.89. The first-order valence-electron chi connectivity index (χ1n) is 9.41. The summed E-state index contributed by atoms with van der Waals surface area (Å²) in [5.41, 5.74) is 1.24. The van der Waals surface area contributed by atoms with E-state index in [2.05, 4.69) is 58.8 Å². The van der Waals surface area contributed by atoms with E-state index in [1.165, 1.54) is 0 Å². The van der Waals surface area contributed by atoms with Crippen molar-refractivity contribution in [3.63, 3.8) is 0 Å². The van der Waals surface area contributed by atoms with Crippen LogP contribution < -0.4 is 15.1 Å². The van der Waals surface area contributed by atoms with E-state index in [1.54, 1.807) is 4.57 Å². The van der Waals surface area contributed by atoms with Gasteiger partial charge in [-0.25, -0.2) is 9.78 Å². The van der Waals surface area contributed by atoms with Gasteiger partial charge in [0, 0.05) is 13.1 Å². The maximum atomic E-state index is 12.4. The first kappa shape index (κ1) is 20.9. The molecule has 0 aliphatic heterocycles. The number of aromatic nitrogens is 4. The third-order valence-corrected chi connectivity index (χ3v) is 5.90. The first-order chi connectivity index (χ1) is 12.0. The monoisotopic (exact) mass is 395 g/mol. The SMILES string of the molecule is CCCn1c(=O)nc(O[Si](C)(C)C)c2c1ncn2CCCN[Si](C)(C)C. The van der Waals surface area contributed by atoms with E-state index >= 15 is 0 Å². The molecule has 0 bridgehead atoms. The van der Waals surface area contributed by atoms with E-state index < -0.39 is 16.6 Å². The minimum absolute atomic E-state index is 0.279. The summed E-state index contributed by atoms with van der Waals surface area (Å²) in [5.74, 6) is 0.437. The van der Waals surface area contributed by atoms with Crippen molar-refractivity contribution >= 4 is 27.7 Å². The minimum Gasteiger partial charge on any atom is -0.530 e. The van der Waals surface area contributed by atoms with E-state index in [0.717, 1.165) is 31.4 Å². The van der Waals surface area contributed by atoms with E-state index in [0.29, 0.717) is 18.1 Å². The van der Waals surface area contributed by atoms with E-state index in [4.69, 9.17) is 4.43 Å². The Bertz CT molecular complexity index is 802. The molecule has 0 unspecified atom stereocenters. The quantitative estimate of drug-likeness (QED) is 0.522. The van der Waals surface area contributed by atoms with Crippen molar-refractivity contribution in [2.75, 3.05) is 6.54 Å². The van der Waals surface area contributed by atoms with Crippen LogP contribution in [0.25, 0.3) is 11.2 Å². The Morgan fingerprint density at radius 1 is 1.15 bits per heavy atom. The van der Waals surface area contributed by atoms with Gasteiger partial charge in [-0.1, -0.05) is 26.6 Å². The van der Waals surface area contributed by atoms with Gasteiger partial charge in [0.15, 0.2) is 5.65 Å². The molecule has 0 saturated carbocycles. The molecule has 0 aliphatic rings. The molecule has 0 fully saturated rings. The van der Waals surface area contributed by atoms with Gasteiger partial charge >= 0.3 is 5.69 Å². The van der Waals surface area contributed by atoms with Crippen LogP contribution in [0.3, 0.4) is 0 Å². The van der Waals surface area contributed by atoms with Crippen molar-refractivity contribution in [2.24, 2.45) is 0 Å². The molecule has 7 nitrogen and oxygen atoms in total. The standard InChI is InChI=1S/C17H33N5O2Si2/c1-8-11-22-15-14(16(20-17(22)23)24-26(5,6)7)21(13-18-15)12-9-10-19-25(2,3)4/h13,19H,8-12H2,1-7H3. The second kappa shape index (κ2) is 8.05. The fourth-order valence-electron chi connectivity index (χ4n) is 2.75. The number of fused-ring (bicyclic) bond motifs is 1. The molecule has 0 aliphatic carbocycles. The van der Waals surface area contributed by atoms with Crippen LogP contribution in [0.15, 0.2) is 11.1 Å². The van der Waals surface area contributed by atoms with Crippen LogP contribution in [0.5, 0.6) is 5.88 Å². The van der Waals surface area contributed by atoms with Crippen molar-refractivity contribution in [3.8, 4) is 5.88 Å². The van der Waals surface area contributed by atoms with Crippen LogP contribution in [-0.4, -0.2) is 42.2 Å². The van der Waals surface area contributed by atoms with Gasteiger partial charge in [-0.3, -0.25) is 4.57 Å². The van der Waals surface area contributed by atoms with Crippen molar-refractivity contribution in [3.05, 3.63) is 16.8 Å². The average Bonchev–Trinajstić information content (AvgIpc) is 2.89. The molecule has 0 spiro atoms. The van der Waals surface area contributed by atoms with Crippen LogP contribution in [0.4, 0.5) is 0 Å². The topological polar surface area (TPSA) is 74.0 Å². The first-order valence-corrected chi connectivity index (χ1v) is 16.3. The molecular formula is C17H33N5O2Si2. The van der Waals surface area contributed by atoms with Gasteiger partial charge in [0.25, 0.3) is 0 Å². The van der Waals surface area contributed by atoms with Crippen LogP contribution in [0.2, 0.25) is 39.3 Å². The summed E-state index contributed by atoms with van der Waals surface area (Å²) < 4.78 is 9.87. The Kier molecular flexibility index (Phi) is 6.46. The fourth-order valence-corrected chi connectivity index (χ4v) is 4.40. The zero-order valence-corrected chi connectivity index (χ0v) is 19.2. The highest BCUT2D eigenvalue weighted by Gasteiger charge is 2.23. The van der Waals surface area contributed by atoms with Crippen LogP contribution in [0, 0.1) is 0 Å². The van der Waals surface area contributed by atoms with E-state index in [9.17, 15) is 4.79 Å². The fraction of sp³-hybridized carbons (Fsp3) is 0.706. The largest absolute Gasteiger partial charge is 0.530 e. The van der Waals surface area contributed by atoms with Crippen molar-refractivity contribution in [1.82, 2.24) is 24.1 Å². The Hall–Kier alpha value is -1.46. The van der Waals surface area contributed by atoms with Crippen molar-refractivity contribution in [1.29, 1.82) is 0 Å². The lowest BCUT2D eigenvalue weighted by Crippen LogP contribution is -2.41. The summed E-state index contributed by atoms with van der Waals surface area (Å²) >= 11 is 0. The van der Waals surface area contributed by atoms with Crippen molar-refractivity contribution in [2.45, 2.75) is 72.1 Å². The highest BCUT2D eigenvalue weighted by molar-refractivity contribution is 6.73. The Morgan fingerprint density at radius 2 is 1.85 bits per heavy atom. The summed E-state index contributed by atoms with van der Waals surface area (Å²) in [6, 6.07) is 0. The number of aryl methyl sites for hydroxylation is 2. The Morgan fingerprint density at radius 3 is 2.42 bits per heavy atom. The molecule has 2 aromatic rings. The van der Waals surface area contributed by atoms with Gasteiger partial charge in [0.1, 0.15) is 13.8 Å². The Labute approximate surface area is 158 Å². The number of rotatable bonds is 9. The molecule has 0 saturated heterocycles. The summed E-state index contributed by atoms with van der Waals surface area (Å²) in [7, 11) is -3.15. The number of hydrogen-bond donors (Lipinski definition) is 1. The predicted octanol–water partition coefficient (Wildman–Crippen LogP) is 3.03. The zero-order valence-electron chi connectivity index (χ0n) is 17.2. The summed E-state index contributed by atoms with van der Waals surface area (Å²) in [6.07, 6.45) is 3.66. The molecule has 0 radical (unpaired) electrons. The molecule has 9 heteroatoms. The summed E-state index contributed by atoms with van der Waals surface area (Å²) in [4.78, 5) is 24.9. The third kappa shape index (κ3) is 5.52. The number of imidazole rings is 1. The van der Waals surface area contributed by atoms with Gasteiger partial charge < -0.3 is 14.0 Å². The molecule has 26 heavy (non-hydrogen) atoms. The lowest BCUT2D eigenvalue weighted by atomic mass is 10.4. The van der Waals surface area contributed by atoms with Crippen LogP contribution in [0.1, 0.15) is 19.8 Å². The molecule has 2 heterocycles. The average molecular weight is 396 g/mol. The molecule has 2 aromatic heterocycles. The highest BCUT2D eigenvalue weighted by Crippen LogP contribution is 2.24. The van der Waals surface area contributed by atoms with Gasteiger partial charge in [-0.15, -0.1) is 0 Å². The second-order valence-corrected chi connectivity index (χ2v) is 18.0. The maximum absolute atomic E-state index is 12.4. The molecule has 0 aromatic carbocycles. The lowest BCUT2D eigenvalue weighted by Gasteiger charge is -2.20. The molecule has 2 rings (SSSR count). The van der Waals surface area contributed by atoms with Gasteiger partial charge in [0.2, 0.25) is 14.2 Å². The van der Waals surface area contributed by atoms with Gasteiger partial charge in [-0.05, 0) is 39.0 Å². The number of nitrogens with zero attached hydrogens (tertiary/aromatic N) is 4. The Balaban J connectivity index is 2.38. The highest BCUT2D eigenvalue weighted by atomic mass is 28.4. The molecular weight excluding hydrogens is 362 g/mol. The van der Waals surface area contributed by atoms with E-state index in [-0.39, 0.29) is 5.69 Å². The smallest absolute Gasteiger partial charge is 0.352 e. The molecule has 1 N–H and O–H groups in total. The zero-order chi connectivity index (χ0) is 19.5. The predicted molar refractivity (Wildman–Crippen MR) is 112 cm³/mol.